The number of methoxy groups -OCH3 is 1. The van der Waals surface area contributed by atoms with E-state index in [9.17, 15) is 4.79 Å². The minimum absolute atomic E-state index is 0.126. The summed E-state index contributed by atoms with van der Waals surface area (Å²) in [6.45, 7) is 3.80. The highest BCUT2D eigenvalue weighted by Gasteiger charge is 2.26. The van der Waals surface area contributed by atoms with Crippen LogP contribution in [-0.4, -0.2) is 48.7 Å². The van der Waals surface area contributed by atoms with Gasteiger partial charge in [0.05, 0.1) is 23.0 Å². The number of carbonyl (C=O) groups is 1. The predicted octanol–water partition coefficient (Wildman–Crippen LogP) is 4.92. The molecule has 0 saturated carbocycles. The number of ether oxygens (including phenoxy) is 1. The number of fused-ring (bicyclic) bond motifs is 1. The second-order valence-electron chi connectivity index (χ2n) is 8.04. The van der Waals surface area contributed by atoms with Crippen molar-refractivity contribution >= 4 is 33.1 Å². The number of hydrogen-bond donors (Lipinski definition) is 0. The molecule has 3 heterocycles. The van der Waals surface area contributed by atoms with E-state index in [2.05, 4.69) is 57.3 Å². The fraction of sp³-hybridized carbons (Fsp3) is 0.269. The molecule has 0 bridgehead atoms. The maximum absolute atomic E-state index is 13.5. The first kappa shape index (κ1) is 20.6. The maximum atomic E-state index is 13.5. The molecule has 0 aliphatic carbocycles. The number of benzene rings is 2. The van der Waals surface area contributed by atoms with E-state index in [-0.39, 0.29) is 5.91 Å². The fourth-order valence-electron chi connectivity index (χ4n) is 4.48. The lowest BCUT2D eigenvalue weighted by Crippen LogP contribution is -2.49. The molecule has 6 heteroatoms. The Hall–Kier alpha value is -3.25. The van der Waals surface area contributed by atoms with Crippen LogP contribution in [0.1, 0.15) is 16.1 Å². The summed E-state index contributed by atoms with van der Waals surface area (Å²) in [5.41, 5.74) is 4.33. The van der Waals surface area contributed by atoms with E-state index in [1.165, 1.54) is 10.3 Å². The normalized spacial score (nSPS) is 14.2. The van der Waals surface area contributed by atoms with Crippen molar-refractivity contribution in [1.82, 2.24) is 9.47 Å². The first-order valence-electron chi connectivity index (χ1n) is 11.0. The van der Waals surface area contributed by atoms with Gasteiger partial charge in [-0.2, -0.15) is 0 Å². The lowest BCUT2D eigenvalue weighted by atomic mass is 10.1. The molecule has 5 nitrogen and oxygen atoms in total. The number of rotatable bonds is 6. The van der Waals surface area contributed by atoms with Crippen LogP contribution in [0.2, 0.25) is 0 Å². The molecular formula is C26H27N3O2S. The molecular weight excluding hydrogens is 418 g/mol. The summed E-state index contributed by atoms with van der Waals surface area (Å²) in [7, 11) is 1.70. The summed E-state index contributed by atoms with van der Waals surface area (Å²) in [4.78, 5) is 17.8. The van der Waals surface area contributed by atoms with Crippen molar-refractivity contribution in [2.45, 2.75) is 13.0 Å². The first-order chi connectivity index (χ1) is 15.7. The standard InChI is InChI=1S/C26H27N3O2S/c1-31-24-10-6-5-9-21(24)27-14-16-28(17-15-27)26(30)23-19-25-22(12-18-32-25)29(23)13-11-20-7-3-2-4-8-20/h2-10,12,18-19H,11,13-17H2,1H3. The third-order valence-electron chi connectivity index (χ3n) is 6.20. The van der Waals surface area contributed by atoms with Crippen LogP contribution >= 0.6 is 11.3 Å². The molecule has 1 aliphatic rings. The van der Waals surface area contributed by atoms with Crippen LogP contribution in [0.4, 0.5) is 5.69 Å². The third kappa shape index (κ3) is 3.98. The quantitative estimate of drug-likeness (QED) is 0.423. The SMILES string of the molecule is COc1ccccc1N1CCN(C(=O)c2cc3sccc3n2CCc2ccccc2)CC1. The van der Waals surface area contributed by atoms with Crippen LogP contribution in [0.15, 0.2) is 72.1 Å². The zero-order chi connectivity index (χ0) is 21.9. The lowest BCUT2D eigenvalue weighted by molar-refractivity contribution is 0.0736. The smallest absolute Gasteiger partial charge is 0.270 e. The maximum Gasteiger partial charge on any atom is 0.270 e. The summed E-state index contributed by atoms with van der Waals surface area (Å²) in [6, 6.07) is 22.7. The van der Waals surface area contributed by atoms with Gasteiger partial charge in [-0.1, -0.05) is 42.5 Å². The molecule has 2 aromatic carbocycles. The van der Waals surface area contributed by atoms with E-state index in [4.69, 9.17) is 4.74 Å². The minimum Gasteiger partial charge on any atom is -0.495 e. The molecule has 4 aromatic rings. The molecule has 1 amide bonds. The molecule has 2 aromatic heterocycles. The van der Waals surface area contributed by atoms with E-state index in [1.807, 2.05) is 29.2 Å². The van der Waals surface area contributed by atoms with Gasteiger partial charge in [0.1, 0.15) is 11.4 Å². The third-order valence-corrected chi connectivity index (χ3v) is 7.05. The van der Waals surface area contributed by atoms with Crippen LogP contribution in [-0.2, 0) is 13.0 Å². The molecule has 0 radical (unpaired) electrons. The Bertz CT molecular complexity index is 1210. The Kier molecular flexibility index (Phi) is 5.86. The number of amides is 1. The van der Waals surface area contributed by atoms with Gasteiger partial charge in [-0.3, -0.25) is 4.79 Å². The zero-order valence-corrected chi connectivity index (χ0v) is 19.1. The average Bonchev–Trinajstić information content (AvgIpc) is 3.45. The number of anilines is 1. The summed E-state index contributed by atoms with van der Waals surface area (Å²) < 4.78 is 8.90. The number of aryl methyl sites for hydroxylation is 2. The topological polar surface area (TPSA) is 37.7 Å². The highest BCUT2D eigenvalue weighted by atomic mass is 32.1. The van der Waals surface area contributed by atoms with Crippen LogP contribution < -0.4 is 9.64 Å². The summed E-state index contributed by atoms with van der Waals surface area (Å²) in [5.74, 6) is 1.00. The number of aromatic nitrogens is 1. The summed E-state index contributed by atoms with van der Waals surface area (Å²) in [5, 5.41) is 2.10. The number of thiophene rings is 1. The molecule has 5 rings (SSSR count). The Morgan fingerprint density at radius 1 is 0.969 bits per heavy atom. The van der Waals surface area contributed by atoms with Gasteiger partial charge < -0.3 is 19.1 Å². The van der Waals surface area contributed by atoms with Gasteiger partial charge in [-0.15, -0.1) is 11.3 Å². The van der Waals surface area contributed by atoms with Gasteiger partial charge in [0, 0.05) is 32.7 Å². The van der Waals surface area contributed by atoms with Gasteiger partial charge in [0.15, 0.2) is 0 Å². The zero-order valence-electron chi connectivity index (χ0n) is 18.2. The average molecular weight is 446 g/mol. The van der Waals surface area contributed by atoms with Gasteiger partial charge in [0.2, 0.25) is 0 Å². The second-order valence-corrected chi connectivity index (χ2v) is 8.99. The number of nitrogens with zero attached hydrogens (tertiary/aromatic N) is 3. The van der Waals surface area contributed by atoms with E-state index >= 15 is 0 Å². The molecule has 164 valence electrons. The van der Waals surface area contributed by atoms with Crippen molar-refractivity contribution in [3.8, 4) is 5.75 Å². The van der Waals surface area contributed by atoms with Crippen molar-refractivity contribution in [3.63, 3.8) is 0 Å². The van der Waals surface area contributed by atoms with Crippen molar-refractivity contribution in [1.29, 1.82) is 0 Å². The van der Waals surface area contributed by atoms with Gasteiger partial charge in [-0.05, 0) is 41.6 Å². The predicted molar refractivity (Wildman–Crippen MR) is 131 cm³/mol. The highest BCUT2D eigenvalue weighted by Crippen LogP contribution is 2.30. The molecule has 0 unspecified atom stereocenters. The molecule has 0 atom stereocenters. The molecule has 1 fully saturated rings. The van der Waals surface area contributed by atoms with E-state index in [1.54, 1.807) is 18.4 Å². The molecule has 1 saturated heterocycles. The molecule has 0 spiro atoms. The number of carbonyl (C=O) groups excluding carboxylic acids is 1. The van der Waals surface area contributed by atoms with Crippen molar-refractivity contribution in [2.24, 2.45) is 0 Å². The minimum atomic E-state index is 0.126. The van der Waals surface area contributed by atoms with Crippen LogP contribution in [0.3, 0.4) is 0 Å². The van der Waals surface area contributed by atoms with E-state index in [0.717, 1.165) is 48.7 Å². The van der Waals surface area contributed by atoms with Gasteiger partial charge in [-0.25, -0.2) is 0 Å². The number of piperazine rings is 1. The van der Waals surface area contributed by atoms with E-state index in [0.29, 0.717) is 13.1 Å². The fourth-order valence-corrected chi connectivity index (χ4v) is 5.31. The number of hydrogen-bond acceptors (Lipinski definition) is 4. The largest absolute Gasteiger partial charge is 0.495 e. The van der Waals surface area contributed by atoms with Crippen LogP contribution in [0.5, 0.6) is 5.75 Å². The Morgan fingerprint density at radius 3 is 2.50 bits per heavy atom. The Labute approximate surface area is 192 Å². The van der Waals surface area contributed by atoms with E-state index < -0.39 is 0 Å². The van der Waals surface area contributed by atoms with Crippen molar-refractivity contribution in [3.05, 3.63) is 83.4 Å². The van der Waals surface area contributed by atoms with Gasteiger partial charge in [0.25, 0.3) is 5.91 Å². The summed E-state index contributed by atoms with van der Waals surface area (Å²) in [6.07, 6.45) is 0.905. The van der Waals surface area contributed by atoms with Crippen molar-refractivity contribution in [2.75, 3.05) is 38.2 Å². The molecule has 32 heavy (non-hydrogen) atoms. The second kappa shape index (κ2) is 9.09. The Balaban J connectivity index is 1.32. The molecule has 0 N–H and O–H groups in total. The monoisotopic (exact) mass is 445 g/mol. The summed E-state index contributed by atoms with van der Waals surface area (Å²) >= 11 is 1.70. The van der Waals surface area contributed by atoms with Gasteiger partial charge >= 0.3 is 0 Å². The number of para-hydroxylation sites is 2. The Morgan fingerprint density at radius 2 is 1.72 bits per heavy atom. The van der Waals surface area contributed by atoms with Crippen LogP contribution in [0.25, 0.3) is 10.2 Å². The van der Waals surface area contributed by atoms with Crippen molar-refractivity contribution < 1.29 is 9.53 Å². The molecule has 1 aliphatic heterocycles. The van der Waals surface area contributed by atoms with Crippen LogP contribution in [0, 0.1) is 0 Å². The first-order valence-corrected chi connectivity index (χ1v) is 11.9. The lowest BCUT2D eigenvalue weighted by Gasteiger charge is -2.36. The highest BCUT2D eigenvalue weighted by molar-refractivity contribution is 7.17.